The van der Waals surface area contributed by atoms with Gasteiger partial charge in [0.15, 0.2) is 0 Å². The molecule has 0 spiro atoms. The van der Waals surface area contributed by atoms with Gasteiger partial charge in [-0.15, -0.1) is 0 Å². The van der Waals surface area contributed by atoms with Crippen molar-refractivity contribution in [2.45, 2.75) is 26.7 Å². The van der Waals surface area contributed by atoms with Gasteiger partial charge in [0, 0.05) is 0 Å². The zero-order valence-electron chi connectivity index (χ0n) is 10.2. The van der Waals surface area contributed by atoms with Crippen LogP contribution in [-0.4, -0.2) is 18.7 Å². The molecule has 2 fully saturated rings. The molecule has 0 aromatic rings. The van der Waals surface area contributed by atoms with Crippen molar-refractivity contribution in [3.63, 3.8) is 0 Å². The van der Waals surface area contributed by atoms with Gasteiger partial charge in [0.25, 0.3) is 0 Å². The quantitative estimate of drug-likeness (QED) is 0.610. The Hall–Kier alpha value is 1.37. The molecule has 0 saturated heterocycles. The predicted octanol–water partition coefficient (Wildman–Crippen LogP) is 4.60. The fraction of sp³-hybridized carbons (Fsp3) is 0.286. The predicted molar refractivity (Wildman–Crippen MR) is 78.9 cm³/mol. The van der Waals surface area contributed by atoms with E-state index in [0.717, 1.165) is 12.8 Å². The van der Waals surface area contributed by atoms with Crippen LogP contribution < -0.4 is 0 Å². The molecular formula is C14H18Cl2Te. The second-order valence-electron chi connectivity index (χ2n) is 3.35. The van der Waals surface area contributed by atoms with E-state index in [0.29, 0.717) is 0 Å². The standard InChI is InChI=1S/2C7H9.Cl2Te/c2*1-2-7-5-3-4-6-7;1-3-2/h2*3-6H,2H2,1H3;. The van der Waals surface area contributed by atoms with Crippen molar-refractivity contribution in [1.82, 2.24) is 0 Å². The number of hydrogen-bond acceptors (Lipinski definition) is 0. The van der Waals surface area contributed by atoms with E-state index in [-0.39, 0.29) is 0 Å². The topological polar surface area (TPSA) is 0 Å². The summed E-state index contributed by atoms with van der Waals surface area (Å²) in [6.45, 7) is 4.32. The molecule has 0 atom stereocenters. The van der Waals surface area contributed by atoms with Crippen LogP contribution in [0, 0.1) is 63.2 Å². The van der Waals surface area contributed by atoms with Gasteiger partial charge in [-0.3, -0.25) is 0 Å². The monoisotopic (exact) mass is 386 g/mol. The summed E-state index contributed by atoms with van der Waals surface area (Å²) in [6, 6.07) is 0. The summed E-state index contributed by atoms with van der Waals surface area (Å²) >= 11 is -0.586. The minimum atomic E-state index is -0.586. The maximum absolute atomic E-state index is 4.89. The molecule has 0 N–H and O–H groups in total. The third-order valence-corrected chi connectivity index (χ3v) is 2.28. The molecule has 2 saturated carbocycles. The molecule has 2 rings (SSSR count). The molecule has 0 amide bonds. The number of halogens is 2. The first kappa shape index (κ1) is 18.4. The van der Waals surface area contributed by atoms with Crippen LogP contribution in [0.4, 0.5) is 0 Å². The number of hydrogen-bond donors (Lipinski definition) is 0. The van der Waals surface area contributed by atoms with E-state index in [1.165, 1.54) is 11.8 Å². The van der Waals surface area contributed by atoms with Gasteiger partial charge in [-0.2, -0.15) is 0 Å². The summed E-state index contributed by atoms with van der Waals surface area (Å²) in [5.41, 5.74) is 0. The van der Waals surface area contributed by atoms with E-state index in [1.807, 2.05) is 0 Å². The molecule has 0 nitrogen and oxygen atoms in total. The van der Waals surface area contributed by atoms with Crippen molar-refractivity contribution in [2.75, 3.05) is 0 Å². The van der Waals surface area contributed by atoms with Crippen molar-refractivity contribution in [2.24, 2.45) is 0 Å². The summed E-state index contributed by atoms with van der Waals surface area (Å²) in [6.07, 6.45) is 19.1. The fourth-order valence-corrected chi connectivity index (χ4v) is 1.30. The van der Waals surface area contributed by atoms with E-state index in [2.05, 4.69) is 65.2 Å². The van der Waals surface area contributed by atoms with Crippen molar-refractivity contribution >= 4 is 36.6 Å². The molecule has 0 aliphatic heterocycles. The van der Waals surface area contributed by atoms with Gasteiger partial charge in [-0.1, -0.05) is 13.8 Å². The second kappa shape index (κ2) is 13.8. The molecule has 0 aromatic heterocycles. The van der Waals surface area contributed by atoms with E-state index in [9.17, 15) is 0 Å². The molecule has 2 aliphatic rings. The molecular weight excluding hydrogens is 367 g/mol. The molecule has 0 bridgehead atoms. The molecule has 0 unspecified atom stereocenters. The van der Waals surface area contributed by atoms with Gasteiger partial charge in [-0.05, 0) is 76.0 Å². The molecule has 10 radical (unpaired) electrons. The first-order chi connectivity index (χ1) is 8.28. The average Bonchev–Trinajstić information content (AvgIpc) is 3.04. The van der Waals surface area contributed by atoms with E-state index < -0.39 is 18.7 Å². The SMILES string of the molecule is CC[C]1[CH][CH][CH][CH]1.CC[C]1[CH][CH][CH][CH]1.Cl[Te]Cl. The first-order valence-electron chi connectivity index (χ1n) is 5.58. The zero-order chi connectivity index (χ0) is 12.9. The number of rotatable bonds is 2. The average molecular weight is 385 g/mol. The van der Waals surface area contributed by atoms with Crippen LogP contribution in [0.25, 0.3) is 0 Å². The molecule has 0 aromatic carbocycles. The first-order valence-corrected chi connectivity index (χ1v) is 11.5. The van der Waals surface area contributed by atoms with Crippen molar-refractivity contribution in [3.05, 3.63) is 63.2 Å². The normalized spacial score (nSPS) is 20.5. The Morgan fingerprint density at radius 2 is 1.00 bits per heavy atom. The molecule has 0 heterocycles. The maximum atomic E-state index is 4.89. The molecule has 2 aliphatic carbocycles. The van der Waals surface area contributed by atoms with Crippen molar-refractivity contribution in [1.29, 1.82) is 0 Å². The third-order valence-electron chi connectivity index (χ3n) is 2.28. The van der Waals surface area contributed by atoms with Crippen molar-refractivity contribution in [3.8, 4) is 0 Å². The van der Waals surface area contributed by atoms with Gasteiger partial charge >= 0.3 is 36.6 Å². The Balaban J connectivity index is 0.000000247. The molecule has 94 valence electrons. The van der Waals surface area contributed by atoms with Gasteiger partial charge in [0.05, 0.1) is 0 Å². The Morgan fingerprint density at radius 1 is 0.765 bits per heavy atom. The van der Waals surface area contributed by atoms with Gasteiger partial charge in [-0.25, -0.2) is 0 Å². The van der Waals surface area contributed by atoms with Crippen LogP contribution in [0.15, 0.2) is 0 Å². The van der Waals surface area contributed by atoms with Crippen LogP contribution in [0.3, 0.4) is 0 Å². The fourth-order valence-electron chi connectivity index (χ4n) is 1.30. The van der Waals surface area contributed by atoms with E-state index in [4.69, 9.17) is 17.9 Å². The Kier molecular flexibility index (Phi) is 14.9. The van der Waals surface area contributed by atoms with E-state index >= 15 is 0 Å². The van der Waals surface area contributed by atoms with Crippen LogP contribution in [0.1, 0.15) is 26.7 Å². The summed E-state index contributed by atoms with van der Waals surface area (Å²) in [7, 11) is 9.79. The van der Waals surface area contributed by atoms with Gasteiger partial charge in [0.1, 0.15) is 0 Å². The summed E-state index contributed by atoms with van der Waals surface area (Å²) in [5.74, 6) is 2.86. The summed E-state index contributed by atoms with van der Waals surface area (Å²) in [5, 5.41) is 0. The van der Waals surface area contributed by atoms with Crippen LogP contribution in [0.5, 0.6) is 0 Å². The van der Waals surface area contributed by atoms with Crippen LogP contribution in [0.2, 0.25) is 0 Å². The molecule has 3 heteroatoms. The van der Waals surface area contributed by atoms with Crippen LogP contribution in [-0.2, 0) is 0 Å². The van der Waals surface area contributed by atoms with Gasteiger partial charge in [0.2, 0.25) is 0 Å². The third kappa shape index (κ3) is 10.9. The Bertz CT molecular complexity index is 125. The zero-order valence-corrected chi connectivity index (χ0v) is 14.0. The van der Waals surface area contributed by atoms with Gasteiger partial charge < -0.3 is 0 Å². The van der Waals surface area contributed by atoms with Crippen LogP contribution >= 0.6 is 17.9 Å². The minimum absolute atomic E-state index is 0.586. The van der Waals surface area contributed by atoms with Crippen molar-refractivity contribution < 1.29 is 0 Å². The summed E-state index contributed by atoms with van der Waals surface area (Å²) < 4.78 is 0. The summed E-state index contributed by atoms with van der Waals surface area (Å²) in [4.78, 5) is 0. The van der Waals surface area contributed by atoms with E-state index in [1.54, 1.807) is 0 Å². The second-order valence-corrected chi connectivity index (χ2v) is 6.81. The Labute approximate surface area is 126 Å². The molecule has 17 heavy (non-hydrogen) atoms. The Morgan fingerprint density at radius 3 is 1.12 bits per heavy atom.